The molecule has 1 aromatic heterocycles. The van der Waals surface area contributed by atoms with E-state index in [1.807, 2.05) is 6.07 Å². The van der Waals surface area contributed by atoms with Gasteiger partial charge >= 0.3 is 6.68 Å². The summed E-state index contributed by atoms with van der Waals surface area (Å²) in [4.78, 5) is 35.0. The molecule has 0 spiro atoms. The van der Waals surface area contributed by atoms with Crippen molar-refractivity contribution in [1.29, 1.82) is 0 Å². The summed E-state index contributed by atoms with van der Waals surface area (Å²) < 4.78 is 34.2. The third kappa shape index (κ3) is 9.22. The number of hydrogen-bond acceptors (Lipinski definition) is 6. The van der Waals surface area contributed by atoms with Crippen molar-refractivity contribution in [2.45, 2.75) is 44.9 Å². The average Bonchev–Trinajstić information content (AvgIpc) is 2.96. The number of aliphatic hydroxyl groups is 1. The van der Waals surface area contributed by atoms with Crippen LogP contribution in [-0.4, -0.2) is 85.8 Å². The molecular weight excluding hydrogens is 561 g/mol. The first-order valence-corrected chi connectivity index (χ1v) is 14.0. The van der Waals surface area contributed by atoms with E-state index in [0.29, 0.717) is 41.3 Å². The average molecular weight is 599 g/mol. The summed E-state index contributed by atoms with van der Waals surface area (Å²) in [5, 5.41) is 11.0. The molecule has 226 valence electrons. The van der Waals surface area contributed by atoms with Crippen LogP contribution in [0.2, 0.25) is 5.02 Å². The second-order valence-electron chi connectivity index (χ2n) is 10.6. The highest BCUT2D eigenvalue weighted by Gasteiger charge is 2.30. The minimum atomic E-state index is -3.67. The number of pyridine rings is 1. The first kappa shape index (κ1) is 32.5. The van der Waals surface area contributed by atoms with Gasteiger partial charge in [-0.05, 0) is 67.7 Å². The quantitative estimate of drug-likeness (QED) is 0.471. The summed E-state index contributed by atoms with van der Waals surface area (Å²) in [5.41, 5.74) is 1.81. The third-order valence-corrected chi connectivity index (χ3v) is 7.94. The fourth-order valence-corrected chi connectivity index (χ4v) is 5.63. The van der Waals surface area contributed by atoms with Gasteiger partial charge in [0.2, 0.25) is 0 Å². The van der Waals surface area contributed by atoms with Crippen LogP contribution in [0, 0.1) is 11.8 Å². The number of amides is 2. The number of methoxy groups -OCH3 is 1. The van der Waals surface area contributed by atoms with Gasteiger partial charge in [0.15, 0.2) is 6.10 Å². The summed E-state index contributed by atoms with van der Waals surface area (Å²) in [6, 6.07) is 8.90. The summed E-state index contributed by atoms with van der Waals surface area (Å²) in [7, 11) is 4.94. The molecule has 12 heteroatoms. The minimum absolute atomic E-state index is 0.196. The summed E-state index contributed by atoms with van der Waals surface area (Å²) >= 11 is 6.36. The Labute approximate surface area is 244 Å². The van der Waals surface area contributed by atoms with E-state index in [0.717, 1.165) is 44.5 Å². The van der Waals surface area contributed by atoms with Gasteiger partial charge in [0, 0.05) is 40.3 Å². The van der Waals surface area contributed by atoms with E-state index in [2.05, 4.69) is 9.88 Å². The van der Waals surface area contributed by atoms with E-state index < -0.39 is 12.8 Å². The SMILES string of the molecule is COc1cccc(C(O)C(=O)N2CCC(CC3CCN(c4cnc(C(=O)N(C)C)c(Cl)c4)CC3)CC2)c1.FC(F)F. The van der Waals surface area contributed by atoms with Crippen molar-refractivity contribution in [1.82, 2.24) is 14.8 Å². The van der Waals surface area contributed by atoms with Crippen molar-refractivity contribution >= 4 is 29.1 Å². The number of likely N-dealkylation sites (tertiary alicyclic amines) is 1. The Hall–Kier alpha value is -3.05. The Kier molecular flexibility index (Phi) is 12.1. The molecule has 1 unspecified atom stereocenters. The van der Waals surface area contributed by atoms with Crippen LogP contribution in [0.3, 0.4) is 0 Å². The standard InChI is InChI=1S/C28H37ClN4O4.CHF3/c1-31(2)27(35)25-24(29)17-22(18-30-25)32-11-7-19(8-12-32)15-20-9-13-33(14-10-20)28(36)26(34)21-5-4-6-23(16-21)37-3;2-1(3)4/h4-6,16-20,26,34H,7-15H2,1-3H3;1H. The van der Waals surface area contributed by atoms with Crippen molar-refractivity contribution in [2.75, 3.05) is 52.3 Å². The fraction of sp³-hybridized carbons (Fsp3) is 0.552. The van der Waals surface area contributed by atoms with E-state index in [1.165, 1.54) is 11.3 Å². The molecule has 8 nitrogen and oxygen atoms in total. The lowest BCUT2D eigenvalue weighted by molar-refractivity contribution is -0.142. The van der Waals surface area contributed by atoms with Gasteiger partial charge in [-0.1, -0.05) is 23.7 Å². The molecule has 1 N–H and O–H groups in total. The Morgan fingerprint density at radius 2 is 1.66 bits per heavy atom. The molecule has 4 rings (SSSR count). The number of ether oxygens (including phenoxy) is 1. The number of hydrogen-bond donors (Lipinski definition) is 1. The molecule has 2 saturated heterocycles. The lowest BCUT2D eigenvalue weighted by Crippen LogP contribution is -2.42. The van der Waals surface area contributed by atoms with Crippen molar-refractivity contribution in [3.8, 4) is 5.75 Å². The molecule has 0 saturated carbocycles. The molecule has 41 heavy (non-hydrogen) atoms. The lowest BCUT2D eigenvalue weighted by Gasteiger charge is -2.38. The maximum atomic E-state index is 12.9. The van der Waals surface area contributed by atoms with Gasteiger partial charge in [0.25, 0.3) is 11.8 Å². The zero-order valence-corrected chi connectivity index (χ0v) is 24.4. The number of carbonyl (C=O) groups is 2. The van der Waals surface area contributed by atoms with Crippen molar-refractivity contribution < 1.29 is 32.6 Å². The van der Waals surface area contributed by atoms with Crippen LogP contribution in [0.1, 0.15) is 54.3 Å². The molecule has 1 aromatic carbocycles. The zero-order chi connectivity index (χ0) is 30.1. The monoisotopic (exact) mass is 598 g/mol. The first-order chi connectivity index (χ1) is 19.5. The van der Waals surface area contributed by atoms with Gasteiger partial charge in [-0.25, -0.2) is 4.98 Å². The molecule has 2 amide bonds. The lowest BCUT2D eigenvalue weighted by atomic mass is 9.82. The Bertz CT molecular complexity index is 1150. The second-order valence-corrected chi connectivity index (χ2v) is 11.0. The molecule has 2 aliphatic rings. The summed E-state index contributed by atoms with van der Waals surface area (Å²) in [5.74, 6) is 1.46. The predicted molar refractivity (Wildman–Crippen MR) is 151 cm³/mol. The zero-order valence-electron chi connectivity index (χ0n) is 23.6. The Balaban J connectivity index is 0.00000108. The number of carbonyl (C=O) groups excluding carboxylic acids is 2. The predicted octanol–water partition coefficient (Wildman–Crippen LogP) is 5.20. The summed E-state index contributed by atoms with van der Waals surface area (Å²) in [6.07, 6.45) is 5.90. The number of anilines is 1. The smallest absolute Gasteiger partial charge is 0.379 e. The number of aliphatic hydroxyl groups excluding tert-OH is 1. The third-order valence-electron chi connectivity index (χ3n) is 7.65. The van der Waals surface area contributed by atoms with Crippen molar-refractivity contribution in [3.05, 3.63) is 52.8 Å². The van der Waals surface area contributed by atoms with Gasteiger partial charge in [-0.3, -0.25) is 9.59 Å². The molecule has 0 bridgehead atoms. The first-order valence-electron chi connectivity index (χ1n) is 13.6. The number of aromatic nitrogens is 1. The largest absolute Gasteiger partial charge is 0.497 e. The molecule has 2 aromatic rings. The van der Waals surface area contributed by atoms with Gasteiger partial charge in [0.05, 0.1) is 24.0 Å². The maximum Gasteiger partial charge on any atom is 0.379 e. The van der Waals surface area contributed by atoms with Crippen LogP contribution in [0.25, 0.3) is 0 Å². The number of alkyl halides is 3. The van der Waals surface area contributed by atoms with Crippen LogP contribution in [-0.2, 0) is 4.79 Å². The molecule has 0 aliphatic carbocycles. The van der Waals surface area contributed by atoms with Crippen LogP contribution < -0.4 is 9.64 Å². The highest BCUT2D eigenvalue weighted by Crippen LogP contribution is 2.33. The number of piperidine rings is 2. The fourth-order valence-electron chi connectivity index (χ4n) is 5.38. The van der Waals surface area contributed by atoms with Gasteiger partial charge in [-0.15, -0.1) is 0 Å². The number of halogens is 4. The summed E-state index contributed by atoms with van der Waals surface area (Å²) in [6.45, 7) is -0.418. The normalized spacial score (nSPS) is 17.1. The van der Waals surface area contributed by atoms with Crippen LogP contribution in [0.4, 0.5) is 18.9 Å². The van der Waals surface area contributed by atoms with E-state index in [-0.39, 0.29) is 17.5 Å². The maximum absolute atomic E-state index is 12.9. The van der Waals surface area contributed by atoms with E-state index in [4.69, 9.17) is 16.3 Å². The molecule has 1 atom stereocenters. The Morgan fingerprint density at radius 3 is 2.20 bits per heavy atom. The highest BCUT2D eigenvalue weighted by atomic mass is 35.5. The molecule has 2 aliphatic heterocycles. The van der Waals surface area contributed by atoms with Gasteiger partial charge in [0.1, 0.15) is 11.4 Å². The van der Waals surface area contributed by atoms with Crippen LogP contribution >= 0.6 is 11.6 Å². The van der Waals surface area contributed by atoms with E-state index >= 15 is 0 Å². The van der Waals surface area contributed by atoms with Crippen LogP contribution in [0.5, 0.6) is 5.75 Å². The molecular formula is C29H38ClF3N4O4. The highest BCUT2D eigenvalue weighted by molar-refractivity contribution is 6.33. The minimum Gasteiger partial charge on any atom is -0.497 e. The van der Waals surface area contributed by atoms with Crippen molar-refractivity contribution in [3.63, 3.8) is 0 Å². The van der Waals surface area contributed by atoms with Gasteiger partial charge in [-0.2, -0.15) is 13.2 Å². The number of benzene rings is 1. The molecule has 2 fully saturated rings. The molecule has 0 radical (unpaired) electrons. The van der Waals surface area contributed by atoms with E-state index in [1.54, 1.807) is 56.6 Å². The second kappa shape index (κ2) is 15.3. The molecule has 3 heterocycles. The number of rotatable bonds is 7. The van der Waals surface area contributed by atoms with E-state index in [9.17, 15) is 27.9 Å². The van der Waals surface area contributed by atoms with Crippen LogP contribution in [0.15, 0.2) is 36.5 Å². The van der Waals surface area contributed by atoms with Gasteiger partial charge < -0.3 is 24.5 Å². The topological polar surface area (TPSA) is 86.2 Å². The number of nitrogens with zero attached hydrogens (tertiary/aromatic N) is 4. The Morgan fingerprint density at radius 1 is 1.07 bits per heavy atom. The van der Waals surface area contributed by atoms with Crippen molar-refractivity contribution in [2.24, 2.45) is 11.8 Å².